The molecule has 8 aromatic rings. The lowest BCUT2D eigenvalue weighted by atomic mass is 9.63. The van der Waals surface area contributed by atoms with Gasteiger partial charge >= 0.3 is 0 Å². The monoisotopic (exact) mass is 883 g/mol. The predicted molar refractivity (Wildman–Crippen MR) is 262 cm³/mol. The molecule has 2 saturated heterocycles. The van der Waals surface area contributed by atoms with Gasteiger partial charge < -0.3 is 34.8 Å². The van der Waals surface area contributed by atoms with E-state index in [4.69, 9.17) is 18.9 Å². The first-order valence-electron chi connectivity index (χ1n) is 23.0. The van der Waals surface area contributed by atoms with Crippen LogP contribution in [0.1, 0.15) is 68.7 Å². The molecular weight excluding hydrogens is 831 g/mol. The van der Waals surface area contributed by atoms with E-state index in [1.54, 1.807) is 0 Å². The Kier molecular flexibility index (Phi) is 13.3. The summed E-state index contributed by atoms with van der Waals surface area (Å²) in [6.45, 7) is 1.89. The molecular formula is C59H53N3O5. The Labute approximate surface area is 392 Å². The molecule has 0 spiro atoms. The average molecular weight is 884 g/mol. The molecule has 67 heavy (non-hydrogen) atoms. The molecule has 2 bridgehead atoms. The third-order valence-corrected chi connectivity index (χ3v) is 12.9. The highest BCUT2D eigenvalue weighted by atomic mass is 16.5. The highest BCUT2D eigenvalue weighted by molar-refractivity contribution is 5.93. The van der Waals surface area contributed by atoms with E-state index in [9.17, 15) is 5.21 Å². The Morgan fingerprint density at radius 3 is 0.746 bits per heavy atom. The Hall–Kier alpha value is -7.65. The SMILES string of the molecule is ON=C1C2C(c3ccc(OCc4ccccc4)cc3)NC(c3ccc(OCc4ccccc4)cc3)C1C(c1ccc(OCc3ccccc3)cc1)NC2c1ccc(OCc2ccccc2)cc1. The number of fused-ring (bicyclic) bond motifs is 2. The molecule has 2 aliphatic heterocycles. The van der Waals surface area contributed by atoms with Crippen LogP contribution in [0.4, 0.5) is 0 Å². The van der Waals surface area contributed by atoms with Gasteiger partial charge in [-0.15, -0.1) is 0 Å². The summed E-state index contributed by atoms with van der Waals surface area (Å²) < 4.78 is 25.0. The van der Waals surface area contributed by atoms with Crippen molar-refractivity contribution in [3.8, 4) is 23.0 Å². The molecule has 2 heterocycles. The number of hydrogen-bond donors (Lipinski definition) is 3. The number of piperidine rings is 2. The fourth-order valence-electron chi connectivity index (χ4n) is 9.49. The van der Waals surface area contributed by atoms with Crippen LogP contribution in [0.3, 0.4) is 0 Å². The maximum atomic E-state index is 11.4. The Morgan fingerprint density at radius 1 is 0.313 bits per heavy atom. The number of benzene rings is 8. The third kappa shape index (κ3) is 10.3. The predicted octanol–water partition coefficient (Wildman–Crippen LogP) is 12.5. The summed E-state index contributed by atoms with van der Waals surface area (Å²) in [5, 5.41) is 24.0. The second kappa shape index (κ2) is 20.7. The first-order valence-corrected chi connectivity index (χ1v) is 23.0. The van der Waals surface area contributed by atoms with Crippen molar-refractivity contribution in [1.82, 2.24) is 10.6 Å². The zero-order chi connectivity index (χ0) is 45.2. The van der Waals surface area contributed by atoms with Crippen LogP contribution in [0.2, 0.25) is 0 Å². The summed E-state index contributed by atoms with van der Waals surface area (Å²) in [5.74, 6) is 2.55. The van der Waals surface area contributed by atoms with E-state index in [0.717, 1.165) is 73.2 Å². The standard InChI is InChI=1S/C59H53N3O5/c63-62-59-53-55(45-21-29-49(30-22-45)64-37-41-13-5-1-6-14-41)60-57(47-25-33-51(34-26-47)66-39-43-17-9-3-10-18-43)54(59)58(48-27-35-52(36-28-48)67-40-44-19-11-4-12-20-44)61-56(53)46-23-31-50(32-24-46)65-38-42-15-7-2-8-16-42/h1-36,53-58,60-61,63H,37-40H2. The first-order chi connectivity index (χ1) is 33.1. The van der Waals surface area contributed by atoms with E-state index < -0.39 is 0 Å². The first kappa shape index (κ1) is 43.3. The van der Waals surface area contributed by atoms with Crippen LogP contribution in [0.25, 0.3) is 0 Å². The molecule has 4 atom stereocenters. The molecule has 0 aromatic heterocycles. The minimum absolute atomic E-state index is 0.259. The zero-order valence-corrected chi connectivity index (χ0v) is 37.1. The van der Waals surface area contributed by atoms with Crippen LogP contribution < -0.4 is 29.6 Å². The van der Waals surface area contributed by atoms with Crippen molar-refractivity contribution in [2.45, 2.75) is 50.6 Å². The van der Waals surface area contributed by atoms with Crippen LogP contribution in [0.15, 0.2) is 224 Å². The molecule has 0 amide bonds. The van der Waals surface area contributed by atoms with Crippen molar-refractivity contribution < 1.29 is 24.2 Å². The summed E-state index contributed by atoms with van der Waals surface area (Å²) in [6, 6.07) is 72.9. The molecule has 0 aliphatic carbocycles. The lowest BCUT2D eigenvalue weighted by Crippen LogP contribution is -2.60. The molecule has 8 aromatic carbocycles. The lowest BCUT2D eigenvalue weighted by Gasteiger charge is -2.54. The minimum Gasteiger partial charge on any atom is -0.489 e. The molecule has 4 unspecified atom stereocenters. The van der Waals surface area contributed by atoms with Crippen molar-refractivity contribution in [3.63, 3.8) is 0 Å². The van der Waals surface area contributed by atoms with Gasteiger partial charge in [-0.05, 0) is 93.0 Å². The van der Waals surface area contributed by atoms with E-state index >= 15 is 0 Å². The van der Waals surface area contributed by atoms with E-state index in [0.29, 0.717) is 26.4 Å². The maximum absolute atomic E-state index is 11.4. The van der Waals surface area contributed by atoms with Gasteiger partial charge in [-0.1, -0.05) is 175 Å². The van der Waals surface area contributed by atoms with Gasteiger partial charge in [-0.3, -0.25) is 0 Å². The Morgan fingerprint density at radius 2 is 0.537 bits per heavy atom. The van der Waals surface area contributed by atoms with E-state index in [1.165, 1.54) is 0 Å². The van der Waals surface area contributed by atoms with Crippen molar-refractivity contribution in [1.29, 1.82) is 0 Å². The summed E-state index contributed by atoms with van der Waals surface area (Å²) >= 11 is 0. The largest absolute Gasteiger partial charge is 0.489 e. The average Bonchev–Trinajstić information content (AvgIpc) is 3.40. The molecule has 3 N–H and O–H groups in total. The summed E-state index contributed by atoms with van der Waals surface area (Å²) in [7, 11) is 0. The number of rotatable bonds is 16. The molecule has 334 valence electrons. The number of hydrogen-bond acceptors (Lipinski definition) is 8. The van der Waals surface area contributed by atoms with Crippen molar-refractivity contribution in [2.24, 2.45) is 17.0 Å². The van der Waals surface area contributed by atoms with Gasteiger partial charge in [-0.25, -0.2) is 0 Å². The Balaban J connectivity index is 0.998. The fraction of sp³-hybridized carbons (Fsp3) is 0.169. The van der Waals surface area contributed by atoms with Crippen LogP contribution in [0.5, 0.6) is 23.0 Å². The molecule has 8 heteroatoms. The van der Waals surface area contributed by atoms with Crippen molar-refractivity contribution >= 4 is 5.71 Å². The van der Waals surface area contributed by atoms with Crippen LogP contribution in [0, 0.1) is 11.8 Å². The molecule has 8 nitrogen and oxygen atoms in total. The number of oxime groups is 1. The van der Waals surface area contributed by atoms with Gasteiger partial charge in [0.2, 0.25) is 0 Å². The minimum atomic E-state index is -0.281. The van der Waals surface area contributed by atoms with Gasteiger partial charge in [-0.2, -0.15) is 0 Å². The normalized spacial score (nSPS) is 19.8. The van der Waals surface area contributed by atoms with Gasteiger partial charge in [0.05, 0.1) is 5.71 Å². The molecule has 2 aliphatic rings. The maximum Gasteiger partial charge on any atom is 0.119 e. The quantitative estimate of drug-likeness (QED) is 0.0657. The van der Waals surface area contributed by atoms with Crippen molar-refractivity contribution in [3.05, 3.63) is 263 Å². The highest BCUT2D eigenvalue weighted by Crippen LogP contribution is 2.53. The number of nitrogens with zero attached hydrogens (tertiary/aromatic N) is 1. The van der Waals surface area contributed by atoms with E-state index in [1.807, 2.05) is 121 Å². The van der Waals surface area contributed by atoms with E-state index in [2.05, 4.69) is 113 Å². The fourth-order valence-corrected chi connectivity index (χ4v) is 9.49. The molecule has 0 saturated carbocycles. The van der Waals surface area contributed by atoms with Gasteiger partial charge in [0, 0.05) is 36.0 Å². The highest BCUT2D eigenvalue weighted by Gasteiger charge is 2.54. The van der Waals surface area contributed by atoms with Gasteiger partial charge in [0.1, 0.15) is 49.4 Å². The molecule has 10 rings (SSSR count). The van der Waals surface area contributed by atoms with Gasteiger partial charge in [0.25, 0.3) is 0 Å². The zero-order valence-electron chi connectivity index (χ0n) is 37.1. The third-order valence-electron chi connectivity index (χ3n) is 12.9. The number of ether oxygens (including phenoxy) is 4. The summed E-state index contributed by atoms with van der Waals surface area (Å²) in [6.07, 6.45) is 0. The second-order valence-electron chi connectivity index (χ2n) is 17.2. The summed E-state index contributed by atoms with van der Waals surface area (Å²) in [5.41, 5.74) is 9.35. The summed E-state index contributed by atoms with van der Waals surface area (Å²) in [4.78, 5) is 0. The van der Waals surface area contributed by atoms with E-state index in [-0.39, 0.29) is 36.0 Å². The topological polar surface area (TPSA) is 93.6 Å². The smallest absolute Gasteiger partial charge is 0.119 e. The molecule has 2 fully saturated rings. The molecule has 0 radical (unpaired) electrons. The van der Waals surface area contributed by atoms with Crippen LogP contribution >= 0.6 is 0 Å². The second-order valence-corrected chi connectivity index (χ2v) is 17.2. The van der Waals surface area contributed by atoms with Crippen molar-refractivity contribution in [2.75, 3.05) is 0 Å². The Bertz CT molecular complexity index is 2430. The van der Waals surface area contributed by atoms with Gasteiger partial charge in [0.15, 0.2) is 0 Å². The van der Waals surface area contributed by atoms with Crippen LogP contribution in [-0.4, -0.2) is 10.9 Å². The lowest BCUT2D eigenvalue weighted by molar-refractivity contribution is 0.149. The van der Waals surface area contributed by atoms with Crippen LogP contribution in [-0.2, 0) is 26.4 Å². The number of nitrogens with one attached hydrogen (secondary N) is 2.